The number of benzene rings is 4. The number of ether oxygens (including phenoxy) is 1. The van der Waals surface area contributed by atoms with Crippen molar-refractivity contribution in [2.75, 3.05) is 6.61 Å². The van der Waals surface area contributed by atoms with E-state index in [1.54, 1.807) is 12.1 Å². The standard InChI is InChI=1S/C29H21NO3/c1-19-10-12-21(13-11-19)27-17-25(24-8-4-5-9-26(24)30-27)29(32)33-18-28(31)23-15-14-20-6-2-3-7-22(20)16-23/h2-17H,18H2,1H3. The normalized spacial score (nSPS) is 10.9. The lowest BCUT2D eigenvalue weighted by molar-refractivity contribution is 0.0477. The maximum absolute atomic E-state index is 13.0. The summed E-state index contributed by atoms with van der Waals surface area (Å²) in [6, 6.07) is 30.4. The highest BCUT2D eigenvalue weighted by atomic mass is 16.5. The zero-order chi connectivity index (χ0) is 22.8. The summed E-state index contributed by atoms with van der Waals surface area (Å²) in [7, 11) is 0. The third-order valence-electron chi connectivity index (χ3n) is 5.69. The van der Waals surface area contributed by atoms with Gasteiger partial charge in [0.05, 0.1) is 16.8 Å². The first-order valence-corrected chi connectivity index (χ1v) is 10.7. The van der Waals surface area contributed by atoms with Crippen molar-refractivity contribution in [3.63, 3.8) is 0 Å². The fraction of sp³-hybridized carbons (Fsp3) is 0.0690. The molecule has 0 radical (unpaired) electrons. The summed E-state index contributed by atoms with van der Waals surface area (Å²) in [6.07, 6.45) is 0. The summed E-state index contributed by atoms with van der Waals surface area (Å²) in [5.41, 5.74) is 4.34. The maximum Gasteiger partial charge on any atom is 0.339 e. The number of hydrogen-bond donors (Lipinski definition) is 0. The minimum absolute atomic E-state index is 0.244. The van der Waals surface area contributed by atoms with Crippen molar-refractivity contribution in [2.24, 2.45) is 0 Å². The smallest absolute Gasteiger partial charge is 0.339 e. The van der Waals surface area contributed by atoms with E-state index in [4.69, 9.17) is 9.72 Å². The van der Waals surface area contributed by atoms with Gasteiger partial charge in [-0.1, -0.05) is 84.4 Å². The second kappa shape index (κ2) is 8.67. The number of Topliss-reactive ketones (excluding diaryl/α,β-unsaturated/α-hetero) is 1. The lowest BCUT2D eigenvalue weighted by Gasteiger charge is -2.10. The molecule has 160 valence electrons. The molecule has 0 spiro atoms. The molecular weight excluding hydrogens is 410 g/mol. The van der Waals surface area contributed by atoms with Gasteiger partial charge in [0.2, 0.25) is 0 Å². The van der Waals surface area contributed by atoms with Gasteiger partial charge in [0.25, 0.3) is 0 Å². The van der Waals surface area contributed by atoms with E-state index in [0.717, 1.165) is 21.9 Å². The Hall–Kier alpha value is -4.31. The first kappa shape index (κ1) is 20.6. The Balaban J connectivity index is 1.42. The molecule has 0 bridgehead atoms. The van der Waals surface area contributed by atoms with Crippen molar-refractivity contribution in [2.45, 2.75) is 6.92 Å². The molecule has 33 heavy (non-hydrogen) atoms. The predicted octanol–water partition coefficient (Wildman–Crippen LogP) is 6.40. The Bertz CT molecular complexity index is 1500. The number of ketones is 1. The van der Waals surface area contributed by atoms with Crippen molar-refractivity contribution in [3.8, 4) is 11.3 Å². The van der Waals surface area contributed by atoms with Crippen molar-refractivity contribution in [3.05, 3.63) is 114 Å². The zero-order valence-electron chi connectivity index (χ0n) is 18.1. The molecule has 0 saturated heterocycles. The van der Waals surface area contributed by atoms with E-state index >= 15 is 0 Å². The number of fused-ring (bicyclic) bond motifs is 2. The van der Waals surface area contributed by atoms with E-state index in [1.165, 1.54) is 0 Å². The third kappa shape index (κ3) is 4.23. The van der Waals surface area contributed by atoms with Crippen LogP contribution in [0.25, 0.3) is 32.9 Å². The number of nitrogens with zero attached hydrogens (tertiary/aromatic N) is 1. The Morgan fingerprint density at radius 2 is 1.52 bits per heavy atom. The molecule has 0 N–H and O–H groups in total. The summed E-state index contributed by atoms with van der Waals surface area (Å²) in [5, 5.41) is 2.71. The Kier molecular flexibility index (Phi) is 5.41. The van der Waals surface area contributed by atoms with Crippen molar-refractivity contribution in [1.82, 2.24) is 4.98 Å². The molecule has 0 saturated carbocycles. The molecule has 1 aromatic heterocycles. The number of rotatable bonds is 5. The first-order valence-electron chi connectivity index (χ1n) is 10.7. The van der Waals surface area contributed by atoms with Gasteiger partial charge < -0.3 is 4.74 Å². The lowest BCUT2D eigenvalue weighted by Crippen LogP contribution is -2.15. The van der Waals surface area contributed by atoms with E-state index in [2.05, 4.69) is 0 Å². The molecule has 4 aromatic carbocycles. The predicted molar refractivity (Wildman–Crippen MR) is 130 cm³/mol. The second-order valence-corrected chi connectivity index (χ2v) is 8.00. The van der Waals surface area contributed by atoms with Crippen LogP contribution in [0.4, 0.5) is 0 Å². The minimum Gasteiger partial charge on any atom is -0.454 e. The van der Waals surface area contributed by atoms with Gasteiger partial charge in [-0.3, -0.25) is 4.79 Å². The number of pyridine rings is 1. The molecule has 0 unspecified atom stereocenters. The Morgan fingerprint density at radius 3 is 2.33 bits per heavy atom. The average Bonchev–Trinajstić information content (AvgIpc) is 2.86. The molecule has 0 amide bonds. The second-order valence-electron chi connectivity index (χ2n) is 8.00. The van der Waals surface area contributed by atoms with Crippen molar-refractivity contribution >= 4 is 33.4 Å². The van der Waals surface area contributed by atoms with Gasteiger partial charge in [0, 0.05) is 16.5 Å². The third-order valence-corrected chi connectivity index (χ3v) is 5.69. The van der Waals surface area contributed by atoms with Crippen molar-refractivity contribution in [1.29, 1.82) is 0 Å². The number of aryl methyl sites for hydroxylation is 1. The van der Waals surface area contributed by atoms with Crippen molar-refractivity contribution < 1.29 is 14.3 Å². The van der Waals surface area contributed by atoms with Crippen LogP contribution in [0.15, 0.2) is 97.1 Å². The van der Waals surface area contributed by atoms with E-state index in [0.29, 0.717) is 27.7 Å². The van der Waals surface area contributed by atoms with Crippen LogP contribution in [-0.2, 0) is 4.74 Å². The molecule has 1 heterocycles. The summed E-state index contributed by atoms with van der Waals surface area (Å²) in [6.45, 7) is 1.70. The molecule has 5 rings (SSSR count). The van der Waals surface area contributed by atoms with Gasteiger partial charge in [0.15, 0.2) is 12.4 Å². The van der Waals surface area contributed by atoms with Crippen LogP contribution < -0.4 is 0 Å². The summed E-state index contributed by atoms with van der Waals surface area (Å²) >= 11 is 0. The average molecular weight is 431 g/mol. The van der Waals surface area contributed by atoms with Crippen LogP contribution >= 0.6 is 0 Å². The number of para-hydroxylation sites is 1. The van der Waals surface area contributed by atoms with Crippen LogP contribution in [0.5, 0.6) is 0 Å². The summed E-state index contributed by atoms with van der Waals surface area (Å²) < 4.78 is 5.46. The van der Waals surface area contributed by atoms with Gasteiger partial charge in [-0.2, -0.15) is 0 Å². The highest BCUT2D eigenvalue weighted by Gasteiger charge is 2.17. The van der Waals surface area contributed by atoms with Crippen LogP contribution in [0.1, 0.15) is 26.3 Å². The minimum atomic E-state index is -0.545. The van der Waals surface area contributed by atoms with Gasteiger partial charge in [0.1, 0.15) is 0 Å². The van der Waals surface area contributed by atoms with Crippen LogP contribution in [0, 0.1) is 6.92 Å². The maximum atomic E-state index is 13.0. The molecule has 0 aliphatic carbocycles. The summed E-state index contributed by atoms with van der Waals surface area (Å²) in [5.74, 6) is -0.790. The fourth-order valence-electron chi connectivity index (χ4n) is 3.87. The van der Waals surface area contributed by atoms with Gasteiger partial charge in [-0.25, -0.2) is 9.78 Å². The molecule has 0 fully saturated rings. The summed E-state index contributed by atoms with van der Waals surface area (Å²) in [4.78, 5) is 30.5. The van der Waals surface area contributed by atoms with E-state index in [1.807, 2.05) is 91.9 Å². The number of carbonyl (C=O) groups excluding carboxylic acids is 2. The topological polar surface area (TPSA) is 56.3 Å². The SMILES string of the molecule is Cc1ccc(-c2cc(C(=O)OCC(=O)c3ccc4ccccc4c3)c3ccccc3n2)cc1. The monoisotopic (exact) mass is 431 g/mol. The van der Waals surface area contributed by atoms with Crippen LogP contribution in [0.3, 0.4) is 0 Å². The van der Waals surface area contributed by atoms with E-state index < -0.39 is 5.97 Å². The highest BCUT2D eigenvalue weighted by Crippen LogP contribution is 2.26. The van der Waals surface area contributed by atoms with Gasteiger partial charge in [-0.05, 0) is 35.9 Å². The number of aromatic nitrogens is 1. The largest absolute Gasteiger partial charge is 0.454 e. The lowest BCUT2D eigenvalue weighted by atomic mass is 10.0. The molecule has 4 heteroatoms. The van der Waals surface area contributed by atoms with Crippen LogP contribution in [0.2, 0.25) is 0 Å². The molecule has 0 atom stereocenters. The van der Waals surface area contributed by atoms with Gasteiger partial charge >= 0.3 is 5.97 Å². The van der Waals surface area contributed by atoms with Crippen LogP contribution in [-0.4, -0.2) is 23.3 Å². The number of esters is 1. The number of hydrogen-bond acceptors (Lipinski definition) is 4. The Morgan fingerprint density at radius 1 is 0.788 bits per heavy atom. The van der Waals surface area contributed by atoms with Gasteiger partial charge in [-0.15, -0.1) is 0 Å². The quantitative estimate of drug-likeness (QED) is 0.239. The fourth-order valence-corrected chi connectivity index (χ4v) is 3.87. The zero-order valence-corrected chi connectivity index (χ0v) is 18.1. The van der Waals surface area contributed by atoms with E-state index in [-0.39, 0.29) is 12.4 Å². The first-order chi connectivity index (χ1) is 16.1. The Labute approximate surface area is 191 Å². The molecular formula is C29H21NO3. The molecule has 5 aromatic rings. The highest BCUT2D eigenvalue weighted by molar-refractivity contribution is 6.06. The number of carbonyl (C=O) groups is 2. The molecule has 0 aliphatic rings. The molecule has 0 aliphatic heterocycles. The molecule has 4 nitrogen and oxygen atoms in total. The van der Waals surface area contributed by atoms with E-state index in [9.17, 15) is 9.59 Å².